The zero-order valence-corrected chi connectivity index (χ0v) is 9.99. The van der Waals surface area contributed by atoms with E-state index >= 15 is 0 Å². The summed E-state index contributed by atoms with van der Waals surface area (Å²) < 4.78 is 5.49. The normalized spacial score (nSPS) is 12.3. The Bertz CT molecular complexity index is 284. The fraction of sp³-hybridized carbons (Fsp3) is 0.429. The molecule has 0 saturated carbocycles. The topological polar surface area (TPSA) is 21.3 Å². The van der Waals surface area contributed by atoms with Gasteiger partial charge in [0.05, 0.1) is 6.10 Å². The molecule has 0 aliphatic carbocycles. The van der Waals surface area contributed by atoms with Crippen molar-refractivity contribution >= 4 is 0 Å². The van der Waals surface area contributed by atoms with E-state index in [4.69, 9.17) is 4.74 Å². The lowest BCUT2D eigenvalue weighted by atomic mass is 10.2. The maximum atomic E-state index is 5.49. The van der Waals surface area contributed by atoms with Gasteiger partial charge in [-0.3, -0.25) is 0 Å². The van der Waals surface area contributed by atoms with Gasteiger partial charge in [-0.05, 0) is 25.5 Å². The predicted molar refractivity (Wildman–Crippen MR) is 68.4 cm³/mol. The van der Waals surface area contributed by atoms with E-state index in [0.29, 0.717) is 0 Å². The van der Waals surface area contributed by atoms with Crippen LogP contribution in [0.25, 0.3) is 0 Å². The molecule has 0 aliphatic heterocycles. The molecule has 0 fully saturated rings. The number of hydrogen-bond donors (Lipinski definition) is 1. The van der Waals surface area contributed by atoms with E-state index in [-0.39, 0.29) is 6.10 Å². The van der Waals surface area contributed by atoms with Gasteiger partial charge in [0, 0.05) is 13.2 Å². The Morgan fingerprint density at radius 2 is 2.12 bits per heavy atom. The molecule has 16 heavy (non-hydrogen) atoms. The van der Waals surface area contributed by atoms with Crippen LogP contribution in [-0.4, -0.2) is 19.3 Å². The molecule has 1 aromatic carbocycles. The van der Waals surface area contributed by atoms with Crippen LogP contribution >= 0.6 is 0 Å². The third-order valence-corrected chi connectivity index (χ3v) is 2.38. The molecule has 1 N–H and O–H groups in total. The van der Waals surface area contributed by atoms with Gasteiger partial charge in [-0.25, -0.2) is 0 Å². The Morgan fingerprint density at radius 3 is 2.81 bits per heavy atom. The van der Waals surface area contributed by atoms with Crippen molar-refractivity contribution in [3.63, 3.8) is 0 Å². The van der Waals surface area contributed by atoms with E-state index < -0.39 is 0 Å². The molecule has 1 atom stereocenters. The molecule has 2 nitrogen and oxygen atoms in total. The number of nitrogens with one attached hydrogen (secondary N) is 1. The van der Waals surface area contributed by atoms with Crippen molar-refractivity contribution < 1.29 is 4.74 Å². The fourth-order valence-electron chi connectivity index (χ4n) is 1.36. The molecule has 1 aromatic rings. The Balaban J connectivity index is 1.98. The van der Waals surface area contributed by atoms with E-state index in [9.17, 15) is 0 Å². The summed E-state index contributed by atoms with van der Waals surface area (Å²) in [7, 11) is 0. The highest BCUT2D eigenvalue weighted by atomic mass is 16.5. The molecule has 0 radical (unpaired) electrons. The van der Waals surface area contributed by atoms with Gasteiger partial charge < -0.3 is 10.1 Å². The van der Waals surface area contributed by atoms with Crippen molar-refractivity contribution in [2.24, 2.45) is 0 Å². The molecule has 0 saturated heterocycles. The van der Waals surface area contributed by atoms with Crippen molar-refractivity contribution in [3.05, 3.63) is 48.6 Å². The van der Waals surface area contributed by atoms with Crippen LogP contribution < -0.4 is 5.32 Å². The summed E-state index contributed by atoms with van der Waals surface area (Å²) in [6, 6.07) is 10.4. The lowest BCUT2D eigenvalue weighted by Gasteiger charge is -2.08. The van der Waals surface area contributed by atoms with Crippen LogP contribution in [0.4, 0.5) is 0 Å². The lowest BCUT2D eigenvalue weighted by molar-refractivity contribution is 0.0956. The van der Waals surface area contributed by atoms with Gasteiger partial charge in [0.15, 0.2) is 0 Å². The van der Waals surface area contributed by atoms with Crippen LogP contribution in [0, 0.1) is 0 Å². The first-order valence-electron chi connectivity index (χ1n) is 5.81. The smallest absolute Gasteiger partial charge is 0.0725 e. The zero-order valence-electron chi connectivity index (χ0n) is 9.99. The molecule has 0 heterocycles. The minimum absolute atomic E-state index is 0.161. The van der Waals surface area contributed by atoms with Crippen LogP contribution in [-0.2, 0) is 11.3 Å². The van der Waals surface area contributed by atoms with E-state index in [0.717, 1.165) is 26.1 Å². The van der Waals surface area contributed by atoms with Crippen LogP contribution in [0.5, 0.6) is 0 Å². The molecule has 0 aromatic heterocycles. The lowest BCUT2D eigenvalue weighted by Crippen LogP contribution is -2.17. The second kappa shape index (κ2) is 8.08. The molecule has 1 rings (SSSR count). The summed E-state index contributed by atoms with van der Waals surface area (Å²) in [4.78, 5) is 0. The van der Waals surface area contributed by atoms with Crippen molar-refractivity contribution in [2.45, 2.75) is 26.0 Å². The SMILES string of the molecule is C=CC(C)OCCCNCc1ccccc1. The Hall–Kier alpha value is -1.12. The maximum Gasteiger partial charge on any atom is 0.0725 e. The first-order chi connectivity index (χ1) is 7.83. The minimum atomic E-state index is 0.161. The molecular formula is C14H21NO. The van der Waals surface area contributed by atoms with E-state index in [2.05, 4.69) is 36.2 Å². The van der Waals surface area contributed by atoms with E-state index in [1.165, 1.54) is 5.56 Å². The van der Waals surface area contributed by atoms with Crippen LogP contribution in [0.1, 0.15) is 18.9 Å². The highest BCUT2D eigenvalue weighted by Crippen LogP contribution is 1.97. The number of rotatable bonds is 8. The fourth-order valence-corrected chi connectivity index (χ4v) is 1.36. The van der Waals surface area contributed by atoms with Crippen molar-refractivity contribution in [3.8, 4) is 0 Å². The predicted octanol–water partition coefficient (Wildman–Crippen LogP) is 2.76. The van der Waals surface area contributed by atoms with Gasteiger partial charge in [-0.1, -0.05) is 36.4 Å². The van der Waals surface area contributed by atoms with E-state index in [1.807, 2.05) is 19.1 Å². The van der Waals surface area contributed by atoms with Gasteiger partial charge in [0.2, 0.25) is 0 Å². The summed E-state index contributed by atoms with van der Waals surface area (Å²) in [5.74, 6) is 0. The summed E-state index contributed by atoms with van der Waals surface area (Å²) in [5, 5.41) is 3.39. The second-order valence-corrected chi connectivity index (χ2v) is 3.83. The minimum Gasteiger partial charge on any atom is -0.374 e. The van der Waals surface area contributed by atoms with Crippen LogP contribution in [0.15, 0.2) is 43.0 Å². The quantitative estimate of drug-likeness (QED) is 0.536. The Kier molecular flexibility index (Phi) is 6.54. The summed E-state index contributed by atoms with van der Waals surface area (Å²) in [5.41, 5.74) is 1.32. The number of benzene rings is 1. The molecule has 0 aliphatic rings. The highest BCUT2D eigenvalue weighted by Gasteiger charge is 1.95. The number of hydrogen-bond acceptors (Lipinski definition) is 2. The monoisotopic (exact) mass is 219 g/mol. The third-order valence-electron chi connectivity index (χ3n) is 2.38. The first-order valence-corrected chi connectivity index (χ1v) is 5.81. The van der Waals surface area contributed by atoms with Crippen molar-refractivity contribution in [1.82, 2.24) is 5.32 Å². The van der Waals surface area contributed by atoms with Gasteiger partial charge in [0.1, 0.15) is 0 Å². The Labute approximate surface area is 98.3 Å². The summed E-state index contributed by atoms with van der Waals surface area (Å²) in [6.45, 7) is 8.38. The zero-order chi connectivity index (χ0) is 11.6. The van der Waals surface area contributed by atoms with Gasteiger partial charge in [-0.15, -0.1) is 6.58 Å². The molecule has 0 bridgehead atoms. The summed E-state index contributed by atoms with van der Waals surface area (Å²) >= 11 is 0. The molecule has 0 amide bonds. The maximum absolute atomic E-state index is 5.49. The van der Waals surface area contributed by atoms with Gasteiger partial charge in [0.25, 0.3) is 0 Å². The molecule has 0 spiro atoms. The second-order valence-electron chi connectivity index (χ2n) is 3.83. The standard InChI is InChI=1S/C14H21NO/c1-3-13(2)16-11-7-10-15-12-14-8-5-4-6-9-14/h3-6,8-9,13,15H,1,7,10-12H2,2H3. The molecule has 88 valence electrons. The number of ether oxygens (including phenoxy) is 1. The van der Waals surface area contributed by atoms with Gasteiger partial charge in [-0.2, -0.15) is 0 Å². The largest absolute Gasteiger partial charge is 0.374 e. The van der Waals surface area contributed by atoms with Gasteiger partial charge >= 0.3 is 0 Å². The van der Waals surface area contributed by atoms with Crippen LogP contribution in [0.2, 0.25) is 0 Å². The highest BCUT2D eigenvalue weighted by molar-refractivity contribution is 5.14. The Morgan fingerprint density at radius 1 is 1.38 bits per heavy atom. The molecule has 2 heteroatoms. The van der Waals surface area contributed by atoms with E-state index in [1.54, 1.807) is 0 Å². The van der Waals surface area contributed by atoms with Crippen molar-refractivity contribution in [1.29, 1.82) is 0 Å². The summed E-state index contributed by atoms with van der Waals surface area (Å²) in [6.07, 6.45) is 3.01. The average Bonchev–Trinajstić information content (AvgIpc) is 2.34. The van der Waals surface area contributed by atoms with Crippen LogP contribution in [0.3, 0.4) is 0 Å². The molecule has 1 unspecified atom stereocenters. The first kappa shape index (κ1) is 12.9. The average molecular weight is 219 g/mol. The van der Waals surface area contributed by atoms with Crippen molar-refractivity contribution in [2.75, 3.05) is 13.2 Å². The molecular weight excluding hydrogens is 198 g/mol. The third kappa shape index (κ3) is 5.69.